The van der Waals surface area contributed by atoms with Crippen LogP contribution >= 0.6 is 0 Å². The Kier molecular flexibility index (Phi) is 3.36. The van der Waals surface area contributed by atoms with Gasteiger partial charge in [0.2, 0.25) is 0 Å². The number of hydrogen-bond acceptors (Lipinski definition) is 2. The molecule has 0 amide bonds. The van der Waals surface area contributed by atoms with Crippen molar-refractivity contribution >= 4 is 0 Å². The third-order valence-electron chi connectivity index (χ3n) is 4.93. The highest BCUT2D eigenvalue weighted by molar-refractivity contribution is 5.46. The van der Waals surface area contributed by atoms with E-state index in [0.29, 0.717) is 0 Å². The summed E-state index contributed by atoms with van der Waals surface area (Å²) in [6, 6.07) is 6.29. The summed E-state index contributed by atoms with van der Waals surface area (Å²) in [5.74, 6) is 0.958. The summed E-state index contributed by atoms with van der Waals surface area (Å²) in [6.07, 6.45) is 4.91. The van der Waals surface area contributed by atoms with E-state index >= 15 is 0 Å². The Morgan fingerprint density at radius 3 is 2.33 bits per heavy atom. The summed E-state index contributed by atoms with van der Waals surface area (Å²) in [4.78, 5) is 0. The fraction of sp³-hybridized carbons (Fsp3) is 0.684. The van der Waals surface area contributed by atoms with Gasteiger partial charge < -0.3 is 9.84 Å². The van der Waals surface area contributed by atoms with Crippen molar-refractivity contribution in [3.63, 3.8) is 0 Å². The molecule has 0 radical (unpaired) electrons. The van der Waals surface area contributed by atoms with Gasteiger partial charge in [0.05, 0.1) is 12.2 Å². The number of para-hydroxylation sites is 1. The lowest BCUT2D eigenvalue weighted by Gasteiger charge is -2.50. The molecule has 0 atom stereocenters. The first-order chi connectivity index (χ1) is 9.71. The number of ether oxygens (including phenoxy) is 1. The summed E-state index contributed by atoms with van der Waals surface area (Å²) in [6.45, 7) is 9.86. The Morgan fingerprint density at radius 2 is 1.67 bits per heavy atom. The average molecular weight is 288 g/mol. The summed E-state index contributed by atoms with van der Waals surface area (Å²) in [7, 11) is 0. The highest BCUT2D eigenvalue weighted by atomic mass is 16.5. The molecule has 1 saturated carbocycles. The van der Waals surface area contributed by atoms with Crippen molar-refractivity contribution < 1.29 is 9.84 Å². The number of aryl methyl sites for hydroxylation is 1. The van der Waals surface area contributed by atoms with Crippen LogP contribution in [-0.4, -0.2) is 11.7 Å². The summed E-state index contributed by atoms with van der Waals surface area (Å²) >= 11 is 0. The third kappa shape index (κ3) is 2.83. The van der Waals surface area contributed by atoms with Crippen molar-refractivity contribution in [3.8, 4) is 5.75 Å². The van der Waals surface area contributed by atoms with Gasteiger partial charge in [-0.2, -0.15) is 0 Å². The highest BCUT2D eigenvalue weighted by Gasteiger charge is 2.48. The second-order valence-electron chi connectivity index (χ2n) is 8.64. The normalized spacial score (nSPS) is 25.8. The van der Waals surface area contributed by atoms with Crippen molar-refractivity contribution in [2.75, 3.05) is 6.61 Å². The molecule has 1 aliphatic carbocycles. The smallest absolute Gasteiger partial charge is 0.128 e. The summed E-state index contributed by atoms with van der Waals surface area (Å²) < 4.78 is 5.95. The van der Waals surface area contributed by atoms with E-state index in [0.717, 1.165) is 50.0 Å². The SMILES string of the molecule is CC1(C)CC(C)(C)CC(O)(c2cccc3c2OCCC3)C1. The van der Waals surface area contributed by atoms with Gasteiger partial charge in [-0.3, -0.25) is 0 Å². The molecule has 1 fully saturated rings. The second kappa shape index (κ2) is 4.74. The molecule has 0 bridgehead atoms. The first-order valence-electron chi connectivity index (χ1n) is 8.19. The standard InChI is InChI=1S/C19H28O2/c1-17(2)11-18(3,4)13-19(20,12-17)15-9-5-7-14-8-6-10-21-16(14)15/h5,7,9,20H,6,8,10-13H2,1-4H3. The Hall–Kier alpha value is -1.02. The van der Waals surface area contributed by atoms with Gasteiger partial charge in [0, 0.05) is 5.56 Å². The van der Waals surface area contributed by atoms with E-state index in [1.807, 2.05) is 0 Å². The minimum atomic E-state index is -0.770. The van der Waals surface area contributed by atoms with Crippen LogP contribution in [-0.2, 0) is 12.0 Å². The Balaban J connectivity index is 2.06. The van der Waals surface area contributed by atoms with Crippen LogP contribution in [0.1, 0.15) is 64.5 Å². The third-order valence-corrected chi connectivity index (χ3v) is 4.93. The van der Waals surface area contributed by atoms with Gasteiger partial charge in [0.25, 0.3) is 0 Å². The molecule has 1 aliphatic heterocycles. The van der Waals surface area contributed by atoms with Crippen molar-refractivity contribution in [1.82, 2.24) is 0 Å². The van der Waals surface area contributed by atoms with Crippen LogP contribution in [0, 0.1) is 10.8 Å². The minimum Gasteiger partial charge on any atom is -0.493 e. The van der Waals surface area contributed by atoms with Crippen molar-refractivity contribution in [2.45, 2.75) is 65.4 Å². The van der Waals surface area contributed by atoms with Crippen molar-refractivity contribution in [3.05, 3.63) is 29.3 Å². The highest BCUT2D eigenvalue weighted by Crippen LogP contribution is 2.55. The molecule has 116 valence electrons. The van der Waals surface area contributed by atoms with Gasteiger partial charge >= 0.3 is 0 Å². The zero-order chi connectivity index (χ0) is 15.3. The maximum absolute atomic E-state index is 11.5. The van der Waals surface area contributed by atoms with Crippen LogP contribution < -0.4 is 4.74 Å². The molecule has 1 aromatic rings. The summed E-state index contributed by atoms with van der Waals surface area (Å²) in [5.41, 5.74) is 1.80. The Labute approximate surface area is 128 Å². The number of fused-ring (bicyclic) bond motifs is 1. The lowest BCUT2D eigenvalue weighted by atomic mass is 9.58. The number of benzene rings is 1. The fourth-order valence-corrected chi connectivity index (χ4v) is 5.01. The van der Waals surface area contributed by atoms with E-state index in [-0.39, 0.29) is 10.8 Å². The molecule has 0 aromatic heterocycles. The molecule has 1 aromatic carbocycles. The van der Waals surface area contributed by atoms with Crippen LogP contribution in [0.3, 0.4) is 0 Å². The van der Waals surface area contributed by atoms with Crippen molar-refractivity contribution in [1.29, 1.82) is 0 Å². The Morgan fingerprint density at radius 1 is 1.00 bits per heavy atom. The second-order valence-corrected chi connectivity index (χ2v) is 8.64. The van der Waals surface area contributed by atoms with Gasteiger partial charge in [0.15, 0.2) is 0 Å². The maximum atomic E-state index is 11.5. The first kappa shape index (κ1) is 14.9. The van der Waals surface area contributed by atoms with Crippen LogP contribution in [0.15, 0.2) is 18.2 Å². The average Bonchev–Trinajstić information content (AvgIpc) is 2.33. The van der Waals surface area contributed by atoms with E-state index in [1.165, 1.54) is 5.56 Å². The molecule has 0 saturated heterocycles. The van der Waals surface area contributed by atoms with Gasteiger partial charge in [0.1, 0.15) is 5.75 Å². The molecule has 2 nitrogen and oxygen atoms in total. The van der Waals surface area contributed by atoms with E-state index in [9.17, 15) is 5.11 Å². The zero-order valence-electron chi connectivity index (χ0n) is 13.8. The molecule has 2 heteroatoms. The number of hydrogen-bond donors (Lipinski definition) is 1. The summed E-state index contributed by atoms with van der Waals surface area (Å²) in [5, 5.41) is 11.5. The quantitative estimate of drug-likeness (QED) is 0.828. The predicted molar refractivity (Wildman–Crippen MR) is 85.6 cm³/mol. The van der Waals surface area contributed by atoms with Gasteiger partial charge in [-0.25, -0.2) is 0 Å². The van der Waals surface area contributed by atoms with Gasteiger partial charge in [-0.15, -0.1) is 0 Å². The fourth-order valence-electron chi connectivity index (χ4n) is 5.01. The number of rotatable bonds is 1. The molecule has 1 heterocycles. The molecule has 1 N–H and O–H groups in total. The largest absolute Gasteiger partial charge is 0.493 e. The van der Waals surface area contributed by atoms with E-state index in [4.69, 9.17) is 4.74 Å². The van der Waals surface area contributed by atoms with Gasteiger partial charge in [-0.1, -0.05) is 45.9 Å². The molecule has 3 rings (SSSR count). The van der Waals surface area contributed by atoms with Crippen LogP contribution in [0.25, 0.3) is 0 Å². The number of aliphatic hydroxyl groups is 1. The lowest BCUT2D eigenvalue weighted by molar-refractivity contribution is -0.0926. The van der Waals surface area contributed by atoms with E-state index < -0.39 is 5.60 Å². The van der Waals surface area contributed by atoms with Crippen LogP contribution in [0.4, 0.5) is 0 Å². The first-order valence-corrected chi connectivity index (χ1v) is 8.19. The minimum absolute atomic E-state index is 0.147. The maximum Gasteiger partial charge on any atom is 0.128 e. The Bertz CT molecular complexity index is 526. The van der Waals surface area contributed by atoms with Crippen LogP contribution in [0.5, 0.6) is 5.75 Å². The lowest BCUT2D eigenvalue weighted by Crippen LogP contribution is -2.44. The van der Waals surface area contributed by atoms with Crippen molar-refractivity contribution in [2.24, 2.45) is 10.8 Å². The molecule has 0 unspecified atom stereocenters. The molecular weight excluding hydrogens is 260 g/mol. The molecular formula is C19H28O2. The molecule has 2 aliphatic rings. The van der Waals surface area contributed by atoms with E-state index in [2.05, 4.69) is 45.9 Å². The zero-order valence-corrected chi connectivity index (χ0v) is 13.8. The van der Waals surface area contributed by atoms with Crippen LogP contribution in [0.2, 0.25) is 0 Å². The topological polar surface area (TPSA) is 29.5 Å². The van der Waals surface area contributed by atoms with E-state index in [1.54, 1.807) is 0 Å². The molecule has 21 heavy (non-hydrogen) atoms. The monoisotopic (exact) mass is 288 g/mol. The predicted octanol–water partition coefficient (Wildman–Crippen LogP) is 4.44. The molecule has 0 spiro atoms. The van der Waals surface area contributed by atoms with Gasteiger partial charge in [-0.05, 0) is 48.5 Å².